The van der Waals surface area contributed by atoms with Crippen LogP contribution in [0.1, 0.15) is 5.56 Å². The van der Waals surface area contributed by atoms with Crippen LogP contribution in [-0.2, 0) is 20.9 Å². The lowest BCUT2D eigenvalue weighted by Crippen LogP contribution is -2.60. The van der Waals surface area contributed by atoms with Gasteiger partial charge in [-0.1, -0.05) is 30.3 Å². The average Bonchev–Trinajstić information content (AvgIpc) is 2.41. The number of rotatable bonds is 3. The van der Waals surface area contributed by atoms with Crippen LogP contribution in [0, 0.1) is 0 Å². The van der Waals surface area contributed by atoms with Crippen LogP contribution in [0.15, 0.2) is 36.0 Å². The Balaban J connectivity index is 1.83. The molecule has 1 unspecified atom stereocenters. The molecule has 18 heavy (non-hydrogen) atoms. The Morgan fingerprint density at radius 3 is 2.72 bits per heavy atom. The number of carbonyl (C=O) groups is 2. The summed E-state index contributed by atoms with van der Waals surface area (Å²) < 4.78 is 4.90. The van der Waals surface area contributed by atoms with Gasteiger partial charge >= 0.3 is 6.09 Å². The van der Waals surface area contributed by atoms with Crippen LogP contribution in [-0.4, -0.2) is 24.0 Å². The smallest absolute Gasteiger partial charge is 0.408 e. The van der Waals surface area contributed by atoms with Gasteiger partial charge in [0.05, 0.1) is 0 Å². The van der Waals surface area contributed by atoms with Crippen molar-refractivity contribution in [1.29, 1.82) is 0 Å². The third-order valence-corrected chi connectivity index (χ3v) is 2.39. The Kier molecular flexibility index (Phi) is 3.41. The van der Waals surface area contributed by atoms with Gasteiger partial charge in [0, 0.05) is 0 Å². The van der Waals surface area contributed by atoms with Crippen LogP contribution < -0.4 is 10.6 Å². The highest BCUT2D eigenvalue weighted by Crippen LogP contribution is 2.07. The summed E-state index contributed by atoms with van der Waals surface area (Å²) in [6, 6.07) is 8.14. The molecule has 1 fully saturated rings. The quantitative estimate of drug-likeness (QED) is 0.586. The van der Waals surface area contributed by atoms with Crippen LogP contribution in [0.5, 0.6) is 0 Å². The lowest BCUT2D eigenvalue weighted by atomic mass is 10.1. The van der Waals surface area contributed by atoms with E-state index in [9.17, 15) is 14.4 Å². The van der Waals surface area contributed by atoms with Crippen molar-refractivity contribution in [2.45, 2.75) is 12.6 Å². The van der Waals surface area contributed by atoms with E-state index < -0.39 is 18.0 Å². The van der Waals surface area contributed by atoms with Crippen molar-refractivity contribution < 1.29 is 19.1 Å². The zero-order chi connectivity index (χ0) is 13.0. The lowest BCUT2D eigenvalue weighted by Gasteiger charge is -2.26. The fourth-order valence-corrected chi connectivity index (χ4v) is 1.44. The molecule has 0 spiro atoms. The molecule has 1 aliphatic rings. The first-order chi connectivity index (χ1) is 8.70. The maximum absolute atomic E-state index is 11.4. The van der Waals surface area contributed by atoms with Gasteiger partial charge < -0.3 is 15.4 Å². The van der Waals surface area contributed by atoms with E-state index in [2.05, 4.69) is 10.6 Å². The maximum Gasteiger partial charge on any atom is 0.408 e. The summed E-state index contributed by atoms with van der Waals surface area (Å²) in [5.74, 6) is 1.07. The molecule has 1 heterocycles. The summed E-state index contributed by atoms with van der Waals surface area (Å²) >= 11 is 0. The van der Waals surface area contributed by atoms with E-state index in [0.29, 0.717) is 0 Å². The zero-order valence-corrected chi connectivity index (χ0v) is 9.30. The van der Waals surface area contributed by atoms with Gasteiger partial charge in [0.1, 0.15) is 18.2 Å². The van der Waals surface area contributed by atoms with Crippen LogP contribution >= 0.6 is 0 Å². The molecule has 0 aliphatic carbocycles. The van der Waals surface area contributed by atoms with Crippen molar-refractivity contribution in [3.8, 4) is 0 Å². The average molecular weight is 246 g/mol. The van der Waals surface area contributed by atoms with Gasteiger partial charge in [-0.05, 0) is 5.56 Å². The molecule has 2 N–H and O–H groups in total. The first-order valence-electron chi connectivity index (χ1n) is 5.24. The van der Waals surface area contributed by atoms with Crippen molar-refractivity contribution >= 4 is 17.9 Å². The summed E-state index contributed by atoms with van der Waals surface area (Å²) in [6.07, 6.45) is -0.758. The number of hydrogen-bond donors (Lipinski definition) is 2. The Bertz CT molecular complexity index is 520. The van der Waals surface area contributed by atoms with E-state index in [1.54, 1.807) is 12.1 Å². The number of alkyl carbamates (subject to hydrolysis) is 1. The van der Waals surface area contributed by atoms with Crippen LogP contribution in [0.3, 0.4) is 0 Å². The third-order valence-electron chi connectivity index (χ3n) is 2.39. The number of ether oxygens (including phenoxy) is 1. The molecule has 1 aliphatic heterocycles. The number of nitrogens with one attached hydrogen (secondary N) is 2. The van der Waals surface area contributed by atoms with Crippen LogP contribution in [0.25, 0.3) is 0 Å². The van der Waals surface area contributed by atoms with E-state index in [4.69, 9.17) is 4.74 Å². The Hall–Kier alpha value is -2.59. The van der Waals surface area contributed by atoms with Crippen molar-refractivity contribution in [2.24, 2.45) is 0 Å². The van der Waals surface area contributed by atoms with Crippen molar-refractivity contribution in [1.82, 2.24) is 10.6 Å². The summed E-state index contributed by atoms with van der Waals surface area (Å²) in [4.78, 5) is 32.7. The molecule has 0 aromatic heterocycles. The fourth-order valence-electron chi connectivity index (χ4n) is 1.44. The van der Waals surface area contributed by atoms with E-state index in [0.717, 1.165) is 5.56 Å². The normalized spacial score (nSPS) is 17.2. The number of amides is 2. The molecule has 1 aromatic rings. The first kappa shape index (κ1) is 11.9. The highest BCUT2D eigenvalue weighted by Gasteiger charge is 2.36. The monoisotopic (exact) mass is 246 g/mol. The summed E-state index contributed by atoms with van der Waals surface area (Å²) in [5.41, 5.74) is 0.841. The van der Waals surface area contributed by atoms with Crippen LogP contribution in [0.2, 0.25) is 0 Å². The fraction of sp³-hybridized carbons (Fsp3) is 0.167. The third kappa shape index (κ3) is 2.56. The van der Waals surface area contributed by atoms with Gasteiger partial charge in [0.15, 0.2) is 6.04 Å². The van der Waals surface area contributed by atoms with Crippen molar-refractivity contribution in [3.05, 3.63) is 41.6 Å². The minimum atomic E-state index is -0.967. The van der Waals surface area contributed by atoms with Crippen molar-refractivity contribution in [2.75, 3.05) is 0 Å². The Labute approximate surface area is 103 Å². The molecule has 1 atom stereocenters. The number of benzene rings is 1. The van der Waals surface area contributed by atoms with Gasteiger partial charge in [-0.15, -0.1) is 0 Å². The van der Waals surface area contributed by atoms with Crippen molar-refractivity contribution in [3.63, 3.8) is 0 Å². The second-order valence-electron chi connectivity index (χ2n) is 3.64. The SMILES string of the molecule is O=C=C1NC(=O)C1NC(=O)OCc1ccccc1. The largest absolute Gasteiger partial charge is 0.445 e. The molecule has 0 radical (unpaired) electrons. The number of hydrogen-bond acceptors (Lipinski definition) is 4. The van der Waals surface area contributed by atoms with Gasteiger partial charge in [0.2, 0.25) is 0 Å². The molecular weight excluding hydrogens is 236 g/mol. The summed E-state index contributed by atoms with van der Waals surface area (Å²) in [6.45, 7) is 0.0984. The van der Waals surface area contributed by atoms with Gasteiger partial charge in [0.25, 0.3) is 5.91 Å². The standard InChI is InChI=1S/C12H10N2O4/c15-6-9-10(11(16)13-9)14-12(17)18-7-8-4-2-1-3-5-8/h1-5,10H,7H2,(H,13,16)(H,14,17). The Morgan fingerprint density at radius 1 is 1.39 bits per heavy atom. The molecule has 0 bridgehead atoms. The maximum atomic E-state index is 11.4. The van der Waals surface area contributed by atoms with E-state index in [1.165, 1.54) is 5.94 Å². The number of carbonyl (C=O) groups excluding carboxylic acids is 3. The molecule has 0 saturated carbocycles. The summed E-state index contributed by atoms with van der Waals surface area (Å²) in [7, 11) is 0. The van der Waals surface area contributed by atoms with Gasteiger partial charge in [-0.25, -0.2) is 9.59 Å². The van der Waals surface area contributed by atoms with Crippen LogP contribution in [0.4, 0.5) is 4.79 Å². The molecule has 2 amide bonds. The number of β-lactam (4-membered cyclic amide) rings is 1. The van der Waals surface area contributed by atoms with Gasteiger partial charge in [-0.2, -0.15) is 0 Å². The molecular formula is C12H10N2O4. The molecule has 1 saturated heterocycles. The topological polar surface area (TPSA) is 84.5 Å². The Morgan fingerprint density at radius 2 is 2.11 bits per heavy atom. The predicted octanol–water partition coefficient (Wildman–Crippen LogP) is 0.127. The molecule has 6 heteroatoms. The van der Waals surface area contributed by atoms with E-state index in [1.807, 2.05) is 18.2 Å². The zero-order valence-electron chi connectivity index (χ0n) is 9.30. The molecule has 2 rings (SSSR count). The predicted molar refractivity (Wildman–Crippen MR) is 60.9 cm³/mol. The first-order valence-corrected chi connectivity index (χ1v) is 5.24. The second-order valence-corrected chi connectivity index (χ2v) is 3.64. The van der Waals surface area contributed by atoms with E-state index >= 15 is 0 Å². The second kappa shape index (κ2) is 5.16. The molecule has 92 valence electrons. The van der Waals surface area contributed by atoms with Gasteiger partial charge in [-0.3, -0.25) is 4.79 Å². The molecule has 6 nitrogen and oxygen atoms in total. The minimum absolute atomic E-state index is 0.0108. The highest BCUT2D eigenvalue weighted by molar-refractivity contribution is 6.00. The summed E-state index contributed by atoms with van der Waals surface area (Å²) in [5, 5.41) is 4.47. The lowest BCUT2D eigenvalue weighted by molar-refractivity contribution is -0.125. The minimum Gasteiger partial charge on any atom is -0.445 e. The molecule has 1 aromatic carbocycles. The highest BCUT2D eigenvalue weighted by atomic mass is 16.5. The van der Waals surface area contributed by atoms with E-state index in [-0.39, 0.29) is 12.3 Å².